The molecule has 8 nitrogen and oxygen atoms in total. The summed E-state index contributed by atoms with van der Waals surface area (Å²) >= 11 is 0. The summed E-state index contributed by atoms with van der Waals surface area (Å²) in [5.74, 6) is 0.230. The van der Waals surface area contributed by atoms with E-state index in [0.29, 0.717) is 37.4 Å². The molecule has 0 saturated heterocycles. The maximum Gasteiger partial charge on any atom is 0.242 e. The smallest absolute Gasteiger partial charge is 0.242 e. The summed E-state index contributed by atoms with van der Waals surface area (Å²) < 4.78 is 31.5. The van der Waals surface area contributed by atoms with E-state index >= 15 is 0 Å². The molecule has 0 aromatic heterocycles. The second-order valence-electron chi connectivity index (χ2n) is 7.98. The van der Waals surface area contributed by atoms with Gasteiger partial charge in [0.25, 0.3) is 0 Å². The third kappa shape index (κ3) is 8.06. The van der Waals surface area contributed by atoms with Crippen molar-refractivity contribution < 1.29 is 22.7 Å². The van der Waals surface area contributed by atoms with Gasteiger partial charge in [0, 0.05) is 26.6 Å². The van der Waals surface area contributed by atoms with Crippen LogP contribution in [-0.2, 0) is 26.0 Å². The monoisotopic (exact) mass is 489 g/mol. The van der Waals surface area contributed by atoms with E-state index in [-0.39, 0.29) is 24.8 Å². The Morgan fingerprint density at radius 1 is 1.03 bits per heavy atom. The fourth-order valence-electron chi connectivity index (χ4n) is 3.66. The topological polar surface area (TPSA) is 96.0 Å². The zero-order valence-electron chi connectivity index (χ0n) is 20.4. The second-order valence-corrected chi connectivity index (χ2v) is 9.89. The Morgan fingerprint density at radius 3 is 2.24 bits per heavy atom. The zero-order chi connectivity index (χ0) is 25.1. The number of rotatable bonds is 13. The quantitative estimate of drug-likeness (QED) is 0.467. The highest BCUT2D eigenvalue weighted by atomic mass is 32.2. The Kier molecular flexibility index (Phi) is 10.4. The average Bonchev–Trinajstić information content (AvgIpc) is 2.82. The molecule has 34 heavy (non-hydrogen) atoms. The fourth-order valence-corrected chi connectivity index (χ4v) is 4.62. The van der Waals surface area contributed by atoms with Crippen LogP contribution in [0, 0.1) is 0 Å². The lowest BCUT2D eigenvalue weighted by Gasteiger charge is -2.29. The predicted octanol–water partition coefficient (Wildman–Crippen LogP) is 2.84. The number of nitrogens with zero attached hydrogens (tertiary/aromatic N) is 2. The molecule has 1 atom stereocenters. The predicted molar refractivity (Wildman–Crippen MR) is 134 cm³/mol. The van der Waals surface area contributed by atoms with Gasteiger partial charge >= 0.3 is 0 Å². The van der Waals surface area contributed by atoms with E-state index in [9.17, 15) is 18.0 Å². The third-order valence-corrected chi connectivity index (χ3v) is 6.68. The standard InChI is InChI=1S/C25H35N3O5S/c1-5-33-23-15-13-22(14-16-23)28(34(4,31)32)18-9-12-24(29)27(20(2)25(30)26-3)19-17-21-10-7-6-8-11-21/h6-8,10-11,13-16,20H,5,9,12,17-19H2,1-4H3,(H,26,30)/t20-/m0/s1. The number of amides is 2. The molecule has 2 aromatic rings. The van der Waals surface area contributed by atoms with Crippen molar-refractivity contribution in [3.05, 3.63) is 60.2 Å². The fraction of sp³-hybridized carbons (Fsp3) is 0.440. The van der Waals surface area contributed by atoms with Gasteiger partial charge in [-0.1, -0.05) is 30.3 Å². The summed E-state index contributed by atoms with van der Waals surface area (Å²) in [6.45, 7) is 4.64. The first-order valence-electron chi connectivity index (χ1n) is 11.4. The van der Waals surface area contributed by atoms with E-state index in [1.54, 1.807) is 43.1 Å². The normalized spacial score (nSPS) is 12.0. The van der Waals surface area contributed by atoms with E-state index in [0.717, 1.165) is 11.8 Å². The first kappa shape index (κ1) is 27.2. The lowest BCUT2D eigenvalue weighted by atomic mass is 10.1. The highest BCUT2D eigenvalue weighted by Crippen LogP contribution is 2.22. The van der Waals surface area contributed by atoms with E-state index < -0.39 is 16.1 Å². The van der Waals surface area contributed by atoms with E-state index in [1.807, 2.05) is 37.3 Å². The van der Waals surface area contributed by atoms with Crippen LogP contribution in [-0.4, -0.2) is 64.2 Å². The Hall–Kier alpha value is -3.07. The number of sulfonamides is 1. The molecule has 0 aliphatic carbocycles. The number of ether oxygens (including phenoxy) is 1. The number of anilines is 1. The van der Waals surface area contributed by atoms with Crippen LogP contribution in [0.25, 0.3) is 0 Å². The van der Waals surface area contributed by atoms with Gasteiger partial charge in [0.2, 0.25) is 21.8 Å². The van der Waals surface area contributed by atoms with Crippen molar-refractivity contribution in [3.63, 3.8) is 0 Å². The molecule has 186 valence electrons. The molecule has 2 aromatic carbocycles. The maximum absolute atomic E-state index is 13.1. The molecule has 9 heteroatoms. The van der Waals surface area contributed by atoms with E-state index in [1.165, 1.54) is 4.31 Å². The van der Waals surface area contributed by atoms with E-state index in [2.05, 4.69) is 5.32 Å². The van der Waals surface area contributed by atoms with Crippen molar-refractivity contribution in [1.82, 2.24) is 10.2 Å². The van der Waals surface area contributed by atoms with Gasteiger partial charge in [-0.05, 0) is 56.5 Å². The number of hydrogen-bond acceptors (Lipinski definition) is 5. The average molecular weight is 490 g/mol. The molecule has 0 radical (unpaired) electrons. The number of likely N-dealkylation sites (N-methyl/N-ethyl adjacent to an activating group) is 1. The first-order valence-corrected chi connectivity index (χ1v) is 13.3. The summed E-state index contributed by atoms with van der Waals surface area (Å²) in [4.78, 5) is 26.9. The van der Waals surface area contributed by atoms with Crippen molar-refractivity contribution in [2.45, 2.75) is 39.2 Å². The minimum atomic E-state index is -3.54. The number of benzene rings is 2. The summed E-state index contributed by atoms with van der Waals surface area (Å²) in [5, 5.41) is 2.60. The summed E-state index contributed by atoms with van der Waals surface area (Å²) in [7, 11) is -2.00. The molecule has 0 fully saturated rings. The van der Waals surface area contributed by atoms with Crippen molar-refractivity contribution >= 4 is 27.5 Å². The number of nitrogens with one attached hydrogen (secondary N) is 1. The van der Waals surface area contributed by atoms with Gasteiger partial charge in [-0.3, -0.25) is 13.9 Å². The van der Waals surface area contributed by atoms with Gasteiger partial charge in [0.1, 0.15) is 11.8 Å². The maximum atomic E-state index is 13.1. The first-order chi connectivity index (χ1) is 16.2. The Bertz CT molecular complexity index is 1030. The largest absolute Gasteiger partial charge is 0.494 e. The van der Waals surface area contributed by atoms with Crippen LogP contribution in [0.4, 0.5) is 5.69 Å². The lowest BCUT2D eigenvalue weighted by Crippen LogP contribution is -2.48. The van der Waals surface area contributed by atoms with Gasteiger partial charge in [-0.15, -0.1) is 0 Å². The molecular weight excluding hydrogens is 454 g/mol. The van der Waals surface area contributed by atoms with E-state index in [4.69, 9.17) is 4.74 Å². The highest BCUT2D eigenvalue weighted by molar-refractivity contribution is 7.92. The van der Waals surface area contributed by atoms with Crippen molar-refractivity contribution in [2.24, 2.45) is 0 Å². The van der Waals surface area contributed by atoms with Crippen LogP contribution < -0.4 is 14.4 Å². The summed E-state index contributed by atoms with van der Waals surface area (Å²) in [6.07, 6.45) is 2.21. The summed E-state index contributed by atoms with van der Waals surface area (Å²) in [5.41, 5.74) is 1.58. The Morgan fingerprint density at radius 2 is 1.68 bits per heavy atom. The molecular formula is C25H35N3O5S. The SMILES string of the molecule is CCOc1ccc(N(CCCC(=O)N(CCc2ccccc2)[C@@H](C)C(=O)NC)S(C)(=O)=O)cc1. The zero-order valence-corrected chi connectivity index (χ0v) is 21.2. The molecule has 2 amide bonds. The van der Waals surface area contributed by atoms with Gasteiger partial charge in [0.05, 0.1) is 18.6 Å². The van der Waals surface area contributed by atoms with Gasteiger partial charge in [-0.2, -0.15) is 0 Å². The molecule has 0 heterocycles. The molecule has 0 saturated carbocycles. The van der Waals surface area contributed by atoms with Crippen LogP contribution >= 0.6 is 0 Å². The highest BCUT2D eigenvalue weighted by Gasteiger charge is 2.25. The minimum absolute atomic E-state index is 0.124. The molecule has 0 aliphatic rings. The molecule has 0 unspecified atom stereocenters. The van der Waals surface area contributed by atoms with Crippen LogP contribution in [0.1, 0.15) is 32.3 Å². The number of hydrogen-bond donors (Lipinski definition) is 1. The van der Waals surface area contributed by atoms with Gasteiger partial charge in [0.15, 0.2) is 0 Å². The van der Waals surface area contributed by atoms with Gasteiger partial charge < -0.3 is 15.0 Å². The van der Waals surface area contributed by atoms with Crippen LogP contribution in [0.15, 0.2) is 54.6 Å². The minimum Gasteiger partial charge on any atom is -0.494 e. The van der Waals surface area contributed by atoms with Crippen molar-refractivity contribution in [2.75, 3.05) is 37.3 Å². The van der Waals surface area contributed by atoms with Gasteiger partial charge in [-0.25, -0.2) is 8.42 Å². The third-order valence-electron chi connectivity index (χ3n) is 5.49. The Labute approximate surface area is 202 Å². The molecule has 1 N–H and O–H groups in total. The number of carbonyl (C=O) groups is 2. The van der Waals surface area contributed by atoms with Crippen molar-refractivity contribution in [3.8, 4) is 5.75 Å². The van der Waals surface area contributed by atoms with Crippen LogP contribution in [0.3, 0.4) is 0 Å². The molecule has 0 bridgehead atoms. The second kappa shape index (κ2) is 13.0. The van der Waals surface area contributed by atoms with Crippen LogP contribution in [0.5, 0.6) is 5.75 Å². The molecule has 2 rings (SSSR count). The summed E-state index contributed by atoms with van der Waals surface area (Å²) in [6, 6.07) is 15.9. The number of carbonyl (C=O) groups excluding carboxylic acids is 2. The Balaban J connectivity index is 2.06. The van der Waals surface area contributed by atoms with Crippen molar-refractivity contribution in [1.29, 1.82) is 0 Å². The van der Waals surface area contributed by atoms with Crippen LogP contribution in [0.2, 0.25) is 0 Å². The molecule has 0 spiro atoms. The lowest BCUT2D eigenvalue weighted by molar-refractivity contribution is -0.139. The molecule has 0 aliphatic heterocycles.